The lowest BCUT2D eigenvalue weighted by molar-refractivity contribution is 0.110. The zero-order chi connectivity index (χ0) is 7.68. The van der Waals surface area contributed by atoms with Crippen LogP contribution in [-0.2, 0) is 0 Å². The van der Waals surface area contributed by atoms with Crippen LogP contribution in [0, 0.1) is 0 Å². The van der Waals surface area contributed by atoms with Gasteiger partial charge in [-0.05, 0) is 0 Å². The first-order valence-electron chi connectivity index (χ1n) is 3.60. The molecule has 0 atom stereocenters. The molecule has 2 heterocycles. The number of hydrogen-bond acceptors (Lipinski definition) is 3. The van der Waals surface area contributed by atoms with Crippen molar-refractivity contribution in [2.24, 2.45) is 0 Å². The van der Waals surface area contributed by atoms with E-state index in [0.29, 0.717) is 11.9 Å². The number of hydrogen-bond donors (Lipinski definition) is 1. The maximum Gasteiger partial charge on any atom is 0.185 e. The summed E-state index contributed by atoms with van der Waals surface area (Å²) in [6, 6.07) is 0.428. The molecule has 11 heavy (non-hydrogen) atoms. The summed E-state index contributed by atoms with van der Waals surface area (Å²) in [5.74, 6) is 0.525. The number of aromatic nitrogens is 2. The molecule has 4 nitrogen and oxygen atoms in total. The second-order valence-electron chi connectivity index (χ2n) is 2.62. The summed E-state index contributed by atoms with van der Waals surface area (Å²) in [4.78, 5) is 14.3. The molecule has 1 aliphatic heterocycles. The molecule has 0 amide bonds. The van der Waals surface area contributed by atoms with Crippen LogP contribution >= 0.6 is 0 Å². The van der Waals surface area contributed by atoms with Gasteiger partial charge in [-0.3, -0.25) is 4.79 Å². The molecule has 0 unspecified atom stereocenters. The predicted molar refractivity (Wildman–Crippen MR) is 39.5 cm³/mol. The van der Waals surface area contributed by atoms with Crippen LogP contribution in [0.25, 0.3) is 0 Å². The quantitative estimate of drug-likeness (QED) is 0.597. The van der Waals surface area contributed by atoms with Crippen LogP contribution in [0.4, 0.5) is 0 Å². The molecule has 0 aliphatic carbocycles. The fourth-order valence-corrected chi connectivity index (χ4v) is 1.19. The second kappa shape index (κ2) is 2.47. The molecule has 1 aromatic rings. The van der Waals surface area contributed by atoms with Gasteiger partial charge in [-0.2, -0.15) is 0 Å². The van der Waals surface area contributed by atoms with E-state index < -0.39 is 0 Å². The summed E-state index contributed by atoms with van der Waals surface area (Å²) in [5.41, 5.74) is 0. The highest BCUT2D eigenvalue weighted by molar-refractivity contribution is 5.69. The Labute approximate surface area is 64.2 Å². The smallest absolute Gasteiger partial charge is 0.185 e. The van der Waals surface area contributed by atoms with Crippen molar-refractivity contribution in [3.63, 3.8) is 0 Å². The zero-order valence-corrected chi connectivity index (χ0v) is 6.03. The van der Waals surface area contributed by atoms with E-state index in [9.17, 15) is 4.79 Å². The molecule has 0 aromatic carbocycles. The van der Waals surface area contributed by atoms with Gasteiger partial charge in [-0.25, -0.2) is 4.98 Å². The molecule has 0 bridgehead atoms. The van der Waals surface area contributed by atoms with E-state index in [4.69, 9.17) is 0 Å². The first-order chi connectivity index (χ1) is 5.42. The van der Waals surface area contributed by atoms with E-state index in [-0.39, 0.29) is 0 Å². The summed E-state index contributed by atoms with van der Waals surface area (Å²) in [6.45, 7) is 1.88. The molecule has 1 fully saturated rings. The average Bonchev–Trinajstić information content (AvgIpc) is 2.32. The SMILES string of the molecule is O=Cc1nccn1C1CNC1. The Balaban J connectivity index is 2.27. The van der Waals surface area contributed by atoms with Gasteiger partial charge in [-0.15, -0.1) is 0 Å². The van der Waals surface area contributed by atoms with Crippen LogP contribution < -0.4 is 5.32 Å². The van der Waals surface area contributed by atoms with Crippen molar-refractivity contribution in [1.29, 1.82) is 0 Å². The normalized spacial score (nSPS) is 17.8. The van der Waals surface area contributed by atoms with Crippen LogP contribution in [0.15, 0.2) is 12.4 Å². The Hall–Kier alpha value is -1.16. The summed E-state index contributed by atoms with van der Waals surface area (Å²) in [5, 5.41) is 3.14. The standard InChI is InChI=1S/C7H9N3O/c11-5-7-9-1-2-10(7)6-3-8-4-6/h1-2,5-6,8H,3-4H2. The highest BCUT2D eigenvalue weighted by atomic mass is 16.1. The number of nitrogens with one attached hydrogen (secondary N) is 1. The molecular formula is C7H9N3O. The van der Waals surface area contributed by atoms with Crippen LogP contribution in [0.3, 0.4) is 0 Å². The Morgan fingerprint density at radius 2 is 2.55 bits per heavy atom. The van der Waals surface area contributed by atoms with Gasteiger partial charge in [0.1, 0.15) is 0 Å². The molecule has 58 valence electrons. The van der Waals surface area contributed by atoms with Crippen LogP contribution in [0.1, 0.15) is 16.7 Å². The van der Waals surface area contributed by atoms with Gasteiger partial charge in [-0.1, -0.05) is 0 Å². The Morgan fingerprint density at radius 1 is 1.73 bits per heavy atom. The lowest BCUT2D eigenvalue weighted by Crippen LogP contribution is -2.43. The minimum absolute atomic E-state index is 0.428. The molecule has 2 rings (SSSR count). The molecule has 1 aromatic heterocycles. The van der Waals surface area contributed by atoms with Gasteiger partial charge in [0.05, 0.1) is 6.04 Å². The first-order valence-corrected chi connectivity index (χ1v) is 3.60. The highest BCUT2D eigenvalue weighted by Gasteiger charge is 2.20. The average molecular weight is 151 g/mol. The van der Waals surface area contributed by atoms with E-state index in [2.05, 4.69) is 10.3 Å². The Morgan fingerprint density at radius 3 is 3.09 bits per heavy atom. The molecule has 0 saturated carbocycles. The molecule has 4 heteroatoms. The van der Waals surface area contributed by atoms with Gasteiger partial charge in [0.2, 0.25) is 0 Å². The van der Waals surface area contributed by atoms with Gasteiger partial charge in [0.25, 0.3) is 0 Å². The van der Waals surface area contributed by atoms with E-state index in [1.54, 1.807) is 6.20 Å². The van der Waals surface area contributed by atoms with Gasteiger partial charge < -0.3 is 9.88 Å². The highest BCUT2D eigenvalue weighted by Crippen LogP contribution is 2.12. The van der Waals surface area contributed by atoms with Crippen molar-refractivity contribution in [2.75, 3.05) is 13.1 Å². The Bertz CT molecular complexity index is 264. The van der Waals surface area contributed by atoms with Crippen molar-refractivity contribution in [3.05, 3.63) is 18.2 Å². The first kappa shape index (κ1) is 6.54. The zero-order valence-electron chi connectivity index (χ0n) is 6.03. The van der Waals surface area contributed by atoms with Gasteiger partial charge in [0, 0.05) is 25.5 Å². The van der Waals surface area contributed by atoms with Gasteiger partial charge >= 0.3 is 0 Å². The number of rotatable bonds is 2. The minimum atomic E-state index is 0.428. The number of nitrogens with zero attached hydrogens (tertiary/aromatic N) is 2. The van der Waals surface area contributed by atoms with E-state index in [1.807, 2.05) is 10.8 Å². The fraction of sp³-hybridized carbons (Fsp3) is 0.429. The van der Waals surface area contributed by atoms with Crippen molar-refractivity contribution in [2.45, 2.75) is 6.04 Å². The molecule has 1 aliphatic rings. The molecule has 0 radical (unpaired) electrons. The summed E-state index contributed by atoms with van der Waals surface area (Å²) >= 11 is 0. The number of aldehydes is 1. The van der Waals surface area contributed by atoms with Crippen molar-refractivity contribution in [1.82, 2.24) is 14.9 Å². The topological polar surface area (TPSA) is 46.9 Å². The molecular weight excluding hydrogens is 142 g/mol. The molecule has 1 saturated heterocycles. The van der Waals surface area contributed by atoms with Gasteiger partial charge in [0.15, 0.2) is 12.1 Å². The van der Waals surface area contributed by atoms with Crippen molar-refractivity contribution < 1.29 is 4.79 Å². The summed E-state index contributed by atoms with van der Waals surface area (Å²) in [6.07, 6.45) is 4.29. The van der Waals surface area contributed by atoms with Crippen molar-refractivity contribution >= 4 is 6.29 Å². The van der Waals surface area contributed by atoms with Crippen LogP contribution in [0.2, 0.25) is 0 Å². The van der Waals surface area contributed by atoms with Crippen molar-refractivity contribution in [3.8, 4) is 0 Å². The monoisotopic (exact) mass is 151 g/mol. The van der Waals surface area contributed by atoms with E-state index >= 15 is 0 Å². The third-order valence-electron chi connectivity index (χ3n) is 1.96. The number of carbonyl (C=O) groups is 1. The maximum absolute atomic E-state index is 10.4. The fourth-order valence-electron chi connectivity index (χ4n) is 1.19. The third-order valence-corrected chi connectivity index (χ3v) is 1.96. The summed E-state index contributed by atoms with van der Waals surface area (Å²) < 4.78 is 1.91. The number of carbonyl (C=O) groups excluding carboxylic acids is 1. The lowest BCUT2D eigenvalue weighted by atomic mass is 10.2. The van der Waals surface area contributed by atoms with E-state index in [0.717, 1.165) is 19.4 Å². The lowest BCUT2D eigenvalue weighted by Gasteiger charge is -2.28. The maximum atomic E-state index is 10.4. The number of imidazole rings is 1. The van der Waals surface area contributed by atoms with Crippen LogP contribution in [0.5, 0.6) is 0 Å². The minimum Gasteiger partial charge on any atom is -0.323 e. The summed E-state index contributed by atoms with van der Waals surface area (Å²) in [7, 11) is 0. The largest absolute Gasteiger partial charge is 0.323 e. The second-order valence-corrected chi connectivity index (χ2v) is 2.62. The molecule has 0 spiro atoms. The predicted octanol–water partition coefficient (Wildman–Crippen LogP) is -0.160. The third kappa shape index (κ3) is 0.952. The molecule has 1 N–H and O–H groups in total. The van der Waals surface area contributed by atoms with E-state index in [1.165, 1.54) is 0 Å². The Kier molecular flexibility index (Phi) is 1.47. The van der Waals surface area contributed by atoms with Crippen LogP contribution in [-0.4, -0.2) is 28.9 Å².